The monoisotopic (exact) mass is 238 g/mol. The molecular weight excluding hydrogens is 224 g/mol. The summed E-state index contributed by atoms with van der Waals surface area (Å²) >= 11 is 6.07. The third-order valence-electron chi connectivity index (χ3n) is 2.79. The topological polar surface area (TPSA) is 26.3 Å². The Kier molecular flexibility index (Phi) is 3.20. The first-order valence-corrected chi connectivity index (χ1v) is 5.98. The quantitative estimate of drug-likeness (QED) is 0.749. The molecule has 0 radical (unpaired) electrons. The molecule has 2 nitrogen and oxygen atoms in total. The fraction of sp³-hybridized carbons (Fsp3) is 0.462. The van der Waals surface area contributed by atoms with Gasteiger partial charge in [-0.1, -0.05) is 11.6 Å². The second kappa shape index (κ2) is 4.46. The molecule has 0 unspecified atom stereocenters. The van der Waals surface area contributed by atoms with Crippen LogP contribution in [0.5, 0.6) is 5.75 Å². The van der Waals surface area contributed by atoms with Gasteiger partial charge in [-0.2, -0.15) is 0 Å². The van der Waals surface area contributed by atoms with Gasteiger partial charge in [0.25, 0.3) is 0 Å². The van der Waals surface area contributed by atoms with Crippen molar-refractivity contribution in [2.75, 3.05) is 6.61 Å². The van der Waals surface area contributed by atoms with Crippen molar-refractivity contribution in [1.82, 2.24) is 0 Å². The van der Waals surface area contributed by atoms with Crippen LogP contribution in [-0.2, 0) is 0 Å². The molecule has 86 valence electrons. The number of Topliss-reactive ketones (excluding diaryl/α,β-unsaturated/α-hetero) is 1. The lowest BCUT2D eigenvalue weighted by Crippen LogP contribution is -2.05. The second-order valence-electron chi connectivity index (χ2n) is 4.17. The van der Waals surface area contributed by atoms with Crippen molar-refractivity contribution in [3.05, 3.63) is 28.3 Å². The van der Waals surface area contributed by atoms with E-state index in [1.807, 2.05) is 19.9 Å². The molecule has 3 heteroatoms. The highest BCUT2D eigenvalue weighted by molar-refractivity contribution is 6.32. The maximum atomic E-state index is 11.9. The second-order valence-corrected chi connectivity index (χ2v) is 4.58. The zero-order chi connectivity index (χ0) is 11.7. The third kappa shape index (κ3) is 2.22. The van der Waals surface area contributed by atoms with Gasteiger partial charge in [0.1, 0.15) is 5.75 Å². The van der Waals surface area contributed by atoms with Crippen molar-refractivity contribution in [3.8, 4) is 5.75 Å². The maximum Gasteiger partial charge on any atom is 0.166 e. The minimum absolute atomic E-state index is 0.224. The molecule has 2 rings (SSSR count). The van der Waals surface area contributed by atoms with Gasteiger partial charge >= 0.3 is 0 Å². The number of ether oxygens (including phenoxy) is 1. The molecule has 1 saturated carbocycles. The lowest BCUT2D eigenvalue weighted by molar-refractivity contribution is 0.0967. The van der Waals surface area contributed by atoms with Crippen LogP contribution in [0.3, 0.4) is 0 Å². The smallest absolute Gasteiger partial charge is 0.166 e. The number of rotatable bonds is 4. The Morgan fingerprint density at radius 3 is 2.75 bits per heavy atom. The van der Waals surface area contributed by atoms with Crippen LogP contribution < -0.4 is 4.74 Å². The van der Waals surface area contributed by atoms with Gasteiger partial charge < -0.3 is 4.74 Å². The number of halogens is 1. The summed E-state index contributed by atoms with van der Waals surface area (Å²) in [6.07, 6.45) is 2.03. The third-order valence-corrected chi connectivity index (χ3v) is 3.09. The molecule has 0 spiro atoms. The van der Waals surface area contributed by atoms with Crippen molar-refractivity contribution < 1.29 is 9.53 Å². The van der Waals surface area contributed by atoms with Gasteiger partial charge in [0.05, 0.1) is 11.6 Å². The van der Waals surface area contributed by atoms with E-state index in [1.54, 1.807) is 6.07 Å². The first kappa shape index (κ1) is 11.5. The van der Waals surface area contributed by atoms with Gasteiger partial charge in [0.15, 0.2) is 5.78 Å². The highest BCUT2D eigenvalue weighted by Gasteiger charge is 2.31. The van der Waals surface area contributed by atoms with E-state index in [-0.39, 0.29) is 11.7 Å². The van der Waals surface area contributed by atoms with Gasteiger partial charge in [-0.25, -0.2) is 0 Å². The molecule has 0 amide bonds. The van der Waals surface area contributed by atoms with E-state index >= 15 is 0 Å². The molecule has 16 heavy (non-hydrogen) atoms. The standard InChI is InChI=1S/C13H15ClO2/c1-3-16-12-6-8(2)10(7-11(12)14)13(15)9-4-5-9/h6-7,9H,3-5H2,1-2H3. The fourth-order valence-electron chi connectivity index (χ4n) is 1.75. The predicted molar refractivity (Wildman–Crippen MR) is 64.4 cm³/mol. The predicted octanol–water partition coefficient (Wildman–Crippen LogP) is 3.64. The normalized spacial score (nSPS) is 14.9. The van der Waals surface area contributed by atoms with Crippen molar-refractivity contribution >= 4 is 17.4 Å². The zero-order valence-electron chi connectivity index (χ0n) is 9.55. The Morgan fingerprint density at radius 2 is 2.19 bits per heavy atom. The number of hydrogen-bond donors (Lipinski definition) is 0. The Morgan fingerprint density at radius 1 is 1.50 bits per heavy atom. The molecule has 0 bridgehead atoms. The van der Waals surface area contributed by atoms with Crippen molar-refractivity contribution in [1.29, 1.82) is 0 Å². The zero-order valence-corrected chi connectivity index (χ0v) is 10.3. The molecule has 0 heterocycles. The molecule has 0 atom stereocenters. The number of carbonyl (C=O) groups excluding carboxylic acids is 1. The summed E-state index contributed by atoms with van der Waals surface area (Å²) in [7, 11) is 0. The molecule has 0 aliphatic heterocycles. The van der Waals surface area contributed by atoms with Crippen LogP contribution in [0.1, 0.15) is 35.7 Å². The minimum Gasteiger partial charge on any atom is -0.492 e. The summed E-state index contributed by atoms with van der Waals surface area (Å²) < 4.78 is 5.39. The van der Waals surface area contributed by atoms with Gasteiger partial charge in [-0.15, -0.1) is 0 Å². The summed E-state index contributed by atoms with van der Waals surface area (Å²) in [6.45, 7) is 4.42. The van der Waals surface area contributed by atoms with E-state index in [2.05, 4.69) is 0 Å². The Bertz CT molecular complexity index is 422. The summed E-state index contributed by atoms with van der Waals surface area (Å²) in [6, 6.07) is 3.59. The molecule has 1 aromatic carbocycles. The van der Waals surface area contributed by atoms with Gasteiger partial charge in [0.2, 0.25) is 0 Å². The Balaban J connectivity index is 2.32. The van der Waals surface area contributed by atoms with Crippen molar-refractivity contribution in [2.45, 2.75) is 26.7 Å². The summed E-state index contributed by atoms with van der Waals surface area (Å²) in [4.78, 5) is 11.9. The Labute approximate surface area is 101 Å². The van der Waals surface area contributed by atoms with E-state index in [0.717, 1.165) is 24.0 Å². The van der Waals surface area contributed by atoms with Gasteiger partial charge in [-0.05, 0) is 44.4 Å². The highest BCUT2D eigenvalue weighted by atomic mass is 35.5. The maximum absolute atomic E-state index is 11.9. The molecule has 1 aliphatic carbocycles. The van der Waals surface area contributed by atoms with Gasteiger partial charge in [0, 0.05) is 11.5 Å². The summed E-state index contributed by atoms with van der Waals surface area (Å²) in [5.74, 6) is 1.11. The number of hydrogen-bond acceptors (Lipinski definition) is 2. The highest BCUT2D eigenvalue weighted by Crippen LogP contribution is 2.36. The van der Waals surface area contributed by atoms with Crippen LogP contribution in [0, 0.1) is 12.8 Å². The van der Waals surface area contributed by atoms with E-state index in [4.69, 9.17) is 16.3 Å². The van der Waals surface area contributed by atoms with Crippen LogP contribution >= 0.6 is 11.6 Å². The molecule has 1 fully saturated rings. The minimum atomic E-state index is 0.224. The molecule has 1 aromatic rings. The lowest BCUT2D eigenvalue weighted by Gasteiger charge is -2.10. The fourth-order valence-corrected chi connectivity index (χ4v) is 1.97. The molecular formula is C13H15ClO2. The van der Waals surface area contributed by atoms with E-state index in [1.165, 1.54) is 0 Å². The van der Waals surface area contributed by atoms with Crippen LogP contribution in [-0.4, -0.2) is 12.4 Å². The van der Waals surface area contributed by atoms with Crippen LogP contribution in [0.2, 0.25) is 5.02 Å². The summed E-state index contributed by atoms with van der Waals surface area (Å²) in [5.41, 5.74) is 1.70. The summed E-state index contributed by atoms with van der Waals surface area (Å²) in [5, 5.41) is 0.524. The van der Waals surface area contributed by atoms with Gasteiger partial charge in [-0.3, -0.25) is 4.79 Å². The number of aryl methyl sites for hydroxylation is 1. The van der Waals surface area contributed by atoms with Crippen LogP contribution in [0.25, 0.3) is 0 Å². The van der Waals surface area contributed by atoms with Crippen molar-refractivity contribution in [3.63, 3.8) is 0 Å². The average molecular weight is 239 g/mol. The van der Waals surface area contributed by atoms with Crippen molar-refractivity contribution in [2.24, 2.45) is 5.92 Å². The average Bonchev–Trinajstić information content (AvgIpc) is 3.06. The molecule has 0 N–H and O–H groups in total. The molecule has 0 saturated heterocycles. The van der Waals surface area contributed by atoms with E-state index in [0.29, 0.717) is 17.4 Å². The first-order chi connectivity index (χ1) is 7.63. The number of ketones is 1. The SMILES string of the molecule is CCOc1cc(C)c(C(=O)C2CC2)cc1Cl. The first-order valence-electron chi connectivity index (χ1n) is 5.60. The number of benzene rings is 1. The van der Waals surface area contributed by atoms with Crippen LogP contribution in [0.4, 0.5) is 0 Å². The van der Waals surface area contributed by atoms with E-state index in [9.17, 15) is 4.79 Å². The molecule has 0 aromatic heterocycles. The molecule has 1 aliphatic rings. The lowest BCUT2D eigenvalue weighted by atomic mass is 10.0. The Hall–Kier alpha value is -1.02. The number of carbonyl (C=O) groups is 1. The largest absolute Gasteiger partial charge is 0.492 e. The van der Waals surface area contributed by atoms with Crippen LogP contribution in [0.15, 0.2) is 12.1 Å². The van der Waals surface area contributed by atoms with E-state index < -0.39 is 0 Å².